The molecule has 0 saturated heterocycles. The molecule has 0 aromatic carbocycles. The molecule has 0 aliphatic heterocycles. The average molecular weight is 345 g/mol. The van der Waals surface area contributed by atoms with Gasteiger partial charge < -0.3 is 14.1 Å². The summed E-state index contributed by atoms with van der Waals surface area (Å²) >= 11 is 0. The first kappa shape index (κ1) is 20.1. The van der Waals surface area contributed by atoms with Crippen LogP contribution < -0.4 is 0 Å². The number of methoxy groups -OCH3 is 1. The number of carbonyl (C=O) groups is 2. The lowest BCUT2D eigenvalue weighted by molar-refractivity contribution is -0.151. The Morgan fingerprint density at radius 1 is 1.33 bits per heavy atom. The molecule has 0 spiro atoms. The third-order valence-corrected chi connectivity index (χ3v) is 3.54. The van der Waals surface area contributed by atoms with Crippen LogP contribution >= 0.6 is 0 Å². The van der Waals surface area contributed by atoms with Crippen molar-refractivity contribution < 1.29 is 27.5 Å². The number of alkyl halides is 2. The van der Waals surface area contributed by atoms with Gasteiger partial charge in [0.1, 0.15) is 0 Å². The van der Waals surface area contributed by atoms with E-state index in [1.54, 1.807) is 20.8 Å². The summed E-state index contributed by atoms with van der Waals surface area (Å²) in [5.74, 6) is -1.48. The number of ether oxygens (including phenoxy) is 1. The van der Waals surface area contributed by atoms with Crippen molar-refractivity contribution in [3.63, 3.8) is 0 Å². The van der Waals surface area contributed by atoms with E-state index in [9.17, 15) is 18.4 Å². The van der Waals surface area contributed by atoms with Crippen molar-refractivity contribution in [1.82, 2.24) is 4.90 Å². The minimum atomic E-state index is -2.78. The smallest absolute Gasteiger partial charge is 0.313 e. The number of aryl methyl sites for hydroxylation is 1. The van der Waals surface area contributed by atoms with Gasteiger partial charge in [0.2, 0.25) is 0 Å². The summed E-state index contributed by atoms with van der Waals surface area (Å²) in [6, 6.07) is 1.16. The van der Waals surface area contributed by atoms with Gasteiger partial charge in [0.05, 0.1) is 12.5 Å². The van der Waals surface area contributed by atoms with E-state index < -0.39 is 29.5 Å². The molecular formula is C17H25F2NO4. The second-order valence-corrected chi connectivity index (χ2v) is 6.92. The zero-order valence-corrected chi connectivity index (χ0v) is 15.0. The first-order chi connectivity index (χ1) is 11.0. The number of carbonyl (C=O) groups excluding carboxylic acids is 2. The highest BCUT2D eigenvalue weighted by Gasteiger charge is 2.35. The van der Waals surface area contributed by atoms with Gasteiger partial charge in [-0.3, -0.25) is 9.59 Å². The largest absolute Gasteiger partial charge is 0.469 e. The van der Waals surface area contributed by atoms with E-state index in [-0.39, 0.29) is 18.2 Å². The van der Waals surface area contributed by atoms with E-state index in [0.29, 0.717) is 12.1 Å². The van der Waals surface area contributed by atoms with Crippen LogP contribution in [0, 0.1) is 18.3 Å². The van der Waals surface area contributed by atoms with Crippen LogP contribution in [-0.2, 0) is 9.53 Å². The van der Waals surface area contributed by atoms with Crippen LogP contribution in [0.4, 0.5) is 8.78 Å². The minimum Gasteiger partial charge on any atom is -0.469 e. The first-order valence-corrected chi connectivity index (χ1v) is 7.75. The van der Waals surface area contributed by atoms with Crippen molar-refractivity contribution in [2.45, 2.75) is 41.0 Å². The maximum atomic E-state index is 12.8. The lowest BCUT2D eigenvalue weighted by atomic mass is 9.92. The van der Waals surface area contributed by atoms with E-state index in [1.807, 2.05) is 13.8 Å². The molecule has 1 rings (SSSR count). The first-order valence-electron chi connectivity index (χ1n) is 7.75. The lowest BCUT2D eigenvalue weighted by Crippen LogP contribution is -2.44. The molecule has 0 fully saturated rings. The number of halogens is 2. The Kier molecular flexibility index (Phi) is 6.51. The molecule has 0 N–H and O–H groups in total. The molecule has 1 amide bonds. The summed E-state index contributed by atoms with van der Waals surface area (Å²) in [5.41, 5.74) is -0.578. The third-order valence-electron chi connectivity index (χ3n) is 3.54. The zero-order valence-electron chi connectivity index (χ0n) is 15.0. The fourth-order valence-electron chi connectivity index (χ4n) is 2.45. The number of hydrogen-bond acceptors (Lipinski definition) is 4. The van der Waals surface area contributed by atoms with Gasteiger partial charge in [0, 0.05) is 18.7 Å². The summed E-state index contributed by atoms with van der Waals surface area (Å²) in [6.45, 7) is 9.18. The van der Waals surface area contributed by atoms with Crippen molar-refractivity contribution in [3.8, 4) is 0 Å². The second-order valence-electron chi connectivity index (χ2n) is 6.92. The zero-order chi connectivity index (χ0) is 18.7. The van der Waals surface area contributed by atoms with Crippen LogP contribution in [0.2, 0.25) is 0 Å². The number of hydrogen-bond donors (Lipinski definition) is 0. The van der Waals surface area contributed by atoms with Gasteiger partial charge in [0.15, 0.2) is 11.5 Å². The molecule has 0 bridgehead atoms. The summed E-state index contributed by atoms with van der Waals surface area (Å²) in [6.07, 6.45) is -2.78. The lowest BCUT2D eigenvalue weighted by Gasteiger charge is -2.31. The highest BCUT2D eigenvalue weighted by atomic mass is 19.3. The molecule has 136 valence electrons. The molecule has 1 heterocycles. The van der Waals surface area contributed by atoms with Gasteiger partial charge in [-0.1, -0.05) is 13.8 Å². The fourth-order valence-corrected chi connectivity index (χ4v) is 2.45. The molecule has 1 aromatic rings. The number of nitrogens with zero attached hydrogens (tertiary/aromatic N) is 1. The Bertz CT molecular complexity index is 593. The van der Waals surface area contributed by atoms with Crippen LogP contribution in [0.3, 0.4) is 0 Å². The SMILES string of the molecule is COC(=O)C(C)(C)CN(CC(C)C)C(=O)c1oc(C(F)F)cc1C. The van der Waals surface area contributed by atoms with Crippen LogP contribution in [0.15, 0.2) is 10.5 Å². The standard InChI is InChI=1S/C17H25F2NO4/c1-10(2)8-20(9-17(4,5)16(22)23-6)15(21)13-11(3)7-12(24-13)14(18)19/h7,10,14H,8-9H2,1-6H3. The van der Waals surface area contributed by atoms with Gasteiger partial charge in [-0.2, -0.15) is 0 Å². The average Bonchev–Trinajstić information content (AvgIpc) is 2.86. The maximum Gasteiger partial charge on any atom is 0.313 e. The van der Waals surface area contributed by atoms with E-state index >= 15 is 0 Å². The van der Waals surface area contributed by atoms with Crippen LogP contribution in [0.5, 0.6) is 0 Å². The monoisotopic (exact) mass is 345 g/mol. The van der Waals surface area contributed by atoms with E-state index in [4.69, 9.17) is 9.15 Å². The second kappa shape index (κ2) is 7.77. The molecule has 0 radical (unpaired) electrons. The van der Waals surface area contributed by atoms with E-state index in [2.05, 4.69) is 0 Å². The van der Waals surface area contributed by atoms with Gasteiger partial charge >= 0.3 is 5.97 Å². The Hall–Kier alpha value is -1.92. The van der Waals surface area contributed by atoms with Gasteiger partial charge in [-0.15, -0.1) is 0 Å². The summed E-state index contributed by atoms with van der Waals surface area (Å²) in [7, 11) is 1.28. The minimum absolute atomic E-state index is 0.0981. The van der Waals surface area contributed by atoms with Gasteiger partial charge in [-0.05, 0) is 32.8 Å². The van der Waals surface area contributed by atoms with E-state index in [1.165, 1.54) is 12.0 Å². The number of furan rings is 1. The quantitative estimate of drug-likeness (QED) is 0.705. The topological polar surface area (TPSA) is 59.8 Å². The van der Waals surface area contributed by atoms with Crippen LogP contribution in [-0.4, -0.2) is 37.0 Å². The molecule has 0 saturated carbocycles. The fraction of sp³-hybridized carbons (Fsp3) is 0.647. The molecule has 24 heavy (non-hydrogen) atoms. The Morgan fingerprint density at radius 3 is 2.33 bits per heavy atom. The number of esters is 1. The molecular weight excluding hydrogens is 320 g/mol. The normalized spacial score (nSPS) is 11.9. The summed E-state index contributed by atoms with van der Waals surface area (Å²) in [4.78, 5) is 26.1. The predicted molar refractivity (Wildman–Crippen MR) is 84.9 cm³/mol. The van der Waals surface area contributed by atoms with Crippen LogP contribution in [0.1, 0.15) is 56.0 Å². The number of rotatable bonds is 7. The molecule has 7 heteroatoms. The highest BCUT2D eigenvalue weighted by molar-refractivity contribution is 5.93. The summed E-state index contributed by atoms with van der Waals surface area (Å²) < 4.78 is 35.4. The van der Waals surface area contributed by atoms with E-state index in [0.717, 1.165) is 6.07 Å². The van der Waals surface area contributed by atoms with Crippen molar-refractivity contribution >= 4 is 11.9 Å². The van der Waals surface area contributed by atoms with Gasteiger partial charge in [0.25, 0.3) is 12.3 Å². The Balaban J connectivity index is 3.12. The third kappa shape index (κ3) is 4.79. The molecule has 0 unspecified atom stereocenters. The molecule has 0 atom stereocenters. The van der Waals surface area contributed by atoms with Gasteiger partial charge in [-0.25, -0.2) is 8.78 Å². The summed E-state index contributed by atoms with van der Waals surface area (Å²) in [5, 5.41) is 0. The molecule has 5 nitrogen and oxygen atoms in total. The highest BCUT2D eigenvalue weighted by Crippen LogP contribution is 2.27. The molecule has 1 aromatic heterocycles. The van der Waals surface area contributed by atoms with Crippen molar-refractivity contribution in [2.24, 2.45) is 11.3 Å². The van der Waals surface area contributed by atoms with Crippen molar-refractivity contribution in [3.05, 3.63) is 23.2 Å². The Labute approximate surface area is 140 Å². The predicted octanol–water partition coefficient (Wildman–Crippen LogP) is 3.82. The van der Waals surface area contributed by atoms with Crippen molar-refractivity contribution in [2.75, 3.05) is 20.2 Å². The Morgan fingerprint density at radius 2 is 1.92 bits per heavy atom. The van der Waals surface area contributed by atoms with Crippen LogP contribution in [0.25, 0.3) is 0 Å². The molecule has 0 aliphatic carbocycles. The maximum absolute atomic E-state index is 12.8. The van der Waals surface area contributed by atoms with Crippen molar-refractivity contribution in [1.29, 1.82) is 0 Å². The number of amides is 1. The molecule has 0 aliphatic rings.